The molecule has 0 spiro atoms. The fourth-order valence-corrected chi connectivity index (χ4v) is 1.85. The molecule has 92 valence electrons. The van der Waals surface area contributed by atoms with E-state index in [1.54, 1.807) is 19.2 Å². The van der Waals surface area contributed by atoms with Gasteiger partial charge in [-0.15, -0.1) is 0 Å². The van der Waals surface area contributed by atoms with Crippen LogP contribution in [0.4, 0.5) is 0 Å². The standard InChI is InChI=1S/C11H13IN2O3/c1-3-9(11(16)17-2)14-10(15)7-4-5-13-6-8(7)12/h4-6,9H,3H2,1-2H3,(H,14,15). The molecular weight excluding hydrogens is 335 g/mol. The molecule has 1 aromatic heterocycles. The van der Waals surface area contributed by atoms with Crippen molar-refractivity contribution < 1.29 is 14.3 Å². The maximum atomic E-state index is 11.9. The first kappa shape index (κ1) is 13.9. The number of ether oxygens (including phenoxy) is 1. The van der Waals surface area contributed by atoms with Crippen molar-refractivity contribution >= 4 is 34.5 Å². The van der Waals surface area contributed by atoms with Crippen LogP contribution >= 0.6 is 22.6 Å². The van der Waals surface area contributed by atoms with E-state index < -0.39 is 12.0 Å². The van der Waals surface area contributed by atoms with Gasteiger partial charge in [0.25, 0.3) is 5.91 Å². The molecule has 1 rings (SSSR count). The van der Waals surface area contributed by atoms with Gasteiger partial charge in [0, 0.05) is 16.0 Å². The molecule has 0 aromatic carbocycles. The largest absolute Gasteiger partial charge is 0.467 e. The van der Waals surface area contributed by atoms with Crippen molar-refractivity contribution in [3.8, 4) is 0 Å². The highest BCUT2D eigenvalue weighted by atomic mass is 127. The zero-order valence-corrected chi connectivity index (χ0v) is 11.7. The van der Waals surface area contributed by atoms with E-state index in [0.29, 0.717) is 12.0 Å². The molecule has 0 aliphatic rings. The van der Waals surface area contributed by atoms with Gasteiger partial charge in [0.2, 0.25) is 0 Å². The Kier molecular flexibility index (Phi) is 5.33. The zero-order chi connectivity index (χ0) is 12.8. The van der Waals surface area contributed by atoms with Crippen LogP contribution in [0.15, 0.2) is 18.5 Å². The molecule has 1 heterocycles. The highest BCUT2D eigenvalue weighted by Gasteiger charge is 2.20. The molecule has 0 fully saturated rings. The molecule has 1 N–H and O–H groups in total. The minimum Gasteiger partial charge on any atom is -0.467 e. The molecule has 1 amide bonds. The third kappa shape index (κ3) is 3.65. The van der Waals surface area contributed by atoms with Crippen molar-refractivity contribution in [3.05, 3.63) is 27.6 Å². The van der Waals surface area contributed by atoms with Crippen LogP contribution in [0.25, 0.3) is 0 Å². The smallest absolute Gasteiger partial charge is 0.328 e. The molecular formula is C11H13IN2O3. The predicted octanol–water partition coefficient (Wildman–Crippen LogP) is 1.37. The van der Waals surface area contributed by atoms with Crippen LogP contribution in [0.2, 0.25) is 0 Å². The normalized spacial score (nSPS) is 11.7. The number of hydrogen-bond acceptors (Lipinski definition) is 4. The lowest BCUT2D eigenvalue weighted by Crippen LogP contribution is -2.41. The Morgan fingerprint density at radius 3 is 2.82 bits per heavy atom. The lowest BCUT2D eigenvalue weighted by Gasteiger charge is -2.14. The summed E-state index contributed by atoms with van der Waals surface area (Å²) in [4.78, 5) is 27.1. The number of nitrogens with one attached hydrogen (secondary N) is 1. The Balaban J connectivity index is 2.78. The van der Waals surface area contributed by atoms with Crippen LogP contribution in [0, 0.1) is 3.57 Å². The first-order chi connectivity index (χ1) is 8.10. The Hall–Kier alpha value is -1.18. The van der Waals surface area contributed by atoms with Crippen molar-refractivity contribution in [2.24, 2.45) is 0 Å². The summed E-state index contributed by atoms with van der Waals surface area (Å²) in [6.07, 6.45) is 3.62. The molecule has 17 heavy (non-hydrogen) atoms. The number of carbonyl (C=O) groups excluding carboxylic acids is 2. The molecule has 6 heteroatoms. The van der Waals surface area contributed by atoms with Crippen LogP contribution in [0.5, 0.6) is 0 Å². The monoisotopic (exact) mass is 348 g/mol. The van der Waals surface area contributed by atoms with Crippen molar-refractivity contribution in [2.45, 2.75) is 19.4 Å². The lowest BCUT2D eigenvalue weighted by molar-refractivity contribution is -0.142. The van der Waals surface area contributed by atoms with E-state index >= 15 is 0 Å². The van der Waals surface area contributed by atoms with Crippen molar-refractivity contribution in [1.82, 2.24) is 10.3 Å². The molecule has 5 nitrogen and oxygen atoms in total. The van der Waals surface area contributed by atoms with E-state index in [4.69, 9.17) is 0 Å². The molecule has 0 aliphatic heterocycles. The first-order valence-electron chi connectivity index (χ1n) is 5.08. The number of hydrogen-bond donors (Lipinski definition) is 1. The van der Waals surface area contributed by atoms with Gasteiger partial charge in [0.15, 0.2) is 0 Å². The Bertz CT molecular complexity index is 423. The number of methoxy groups -OCH3 is 1. The SMILES string of the molecule is CCC(NC(=O)c1ccncc1I)C(=O)OC. The van der Waals surface area contributed by atoms with Crippen LogP contribution in [0.1, 0.15) is 23.7 Å². The van der Waals surface area contributed by atoms with E-state index in [9.17, 15) is 9.59 Å². The fraction of sp³-hybridized carbons (Fsp3) is 0.364. The van der Waals surface area contributed by atoms with Gasteiger partial charge >= 0.3 is 5.97 Å². The number of nitrogens with zero attached hydrogens (tertiary/aromatic N) is 1. The maximum Gasteiger partial charge on any atom is 0.328 e. The molecule has 1 unspecified atom stereocenters. The summed E-state index contributed by atoms with van der Waals surface area (Å²) < 4.78 is 5.34. The molecule has 0 radical (unpaired) electrons. The van der Waals surface area contributed by atoms with Gasteiger partial charge in [-0.25, -0.2) is 4.79 Å². The minimum atomic E-state index is -0.614. The van der Waals surface area contributed by atoms with Crippen LogP contribution in [-0.2, 0) is 9.53 Å². The summed E-state index contributed by atoms with van der Waals surface area (Å²) >= 11 is 2.02. The number of carbonyl (C=O) groups is 2. The summed E-state index contributed by atoms with van der Waals surface area (Å²) in [6.45, 7) is 1.80. The summed E-state index contributed by atoms with van der Waals surface area (Å²) in [5.74, 6) is -0.737. The second-order valence-electron chi connectivity index (χ2n) is 3.31. The van der Waals surface area contributed by atoms with Gasteiger partial charge in [-0.2, -0.15) is 0 Å². The van der Waals surface area contributed by atoms with E-state index in [0.717, 1.165) is 3.57 Å². The highest BCUT2D eigenvalue weighted by molar-refractivity contribution is 14.1. The third-order valence-corrected chi connectivity index (χ3v) is 3.08. The van der Waals surface area contributed by atoms with Gasteiger partial charge in [-0.3, -0.25) is 9.78 Å². The number of rotatable bonds is 4. The van der Waals surface area contributed by atoms with Crippen LogP contribution < -0.4 is 5.32 Å². The minimum absolute atomic E-state index is 0.297. The topological polar surface area (TPSA) is 68.3 Å². The van der Waals surface area contributed by atoms with E-state index in [-0.39, 0.29) is 5.91 Å². The second-order valence-corrected chi connectivity index (χ2v) is 4.48. The van der Waals surface area contributed by atoms with Crippen molar-refractivity contribution in [3.63, 3.8) is 0 Å². The fourth-order valence-electron chi connectivity index (χ4n) is 1.27. The van der Waals surface area contributed by atoms with Crippen LogP contribution in [0.3, 0.4) is 0 Å². The Morgan fingerprint density at radius 1 is 1.59 bits per heavy atom. The Morgan fingerprint density at radius 2 is 2.29 bits per heavy atom. The quantitative estimate of drug-likeness (QED) is 0.659. The van der Waals surface area contributed by atoms with E-state index in [1.165, 1.54) is 13.3 Å². The zero-order valence-electron chi connectivity index (χ0n) is 9.57. The van der Waals surface area contributed by atoms with Crippen molar-refractivity contribution in [2.75, 3.05) is 7.11 Å². The highest BCUT2D eigenvalue weighted by Crippen LogP contribution is 2.10. The van der Waals surface area contributed by atoms with Crippen LogP contribution in [-0.4, -0.2) is 30.0 Å². The summed E-state index contributed by atoms with van der Waals surface area (Å²) in [5.41, 5.74) is 0.503. The van der Waals surface area contributed by atoms with E-state index in [1.807, 2.05) is 22.6 Å². The number of pyridine rings is 1. The Labute approximate surface area is 113 Å². The molecule has 0 aliphatic carbocycles. The average Bonchev–Trinajstić information content (AvgIpc) is 2.35. The van der Waals surface area contributed by atoms with Gasteiger partial charge in [0.1, 0.15) is 6.04 Å². The number of halogens is 1. The molecule has 1 aromatic rings. The first-order valence-corrected chi connectivity index (χ1v) is 6.16. The van der Waals surface area contributed by atoms with Gasteiger partial charge < -0.3 is 10.1 Å². The van der Waals surface area contributed by atoms with Gasteiger partial charge in [0.05, 0.1) is 12.7 Å². The number of amides is 1. The maximum absolute atomic E-state index is 11.9. The molecule has 0 saturated carbocycles. The summed E-state index contributed by atoms with van der Waals surface area (Å²) in [7, 11) is 1.30. The van der Waals surface area contributed by atoms with Gasteiger partial charge in [-0.1, -0.05) is 6.92 Å². The summed E-state index contributed by atoms with van der Waals surface area (Å²) in [6, 6.07) is 0.998. The molecule has 0 bridgehead atoms. The third-order valence-electron chi connectivity index (χ3n) is 2.22. The van der Waals surface area contributed by atoms with Crippen molar-refractivity contribution in [1.29, 1.82) is 0 Å². The summed E-state index contributed by atoms with van der Waals surface area (Å²) in [5, 5.41) is 2.63. The van der Waals surface area contributed by atoms with E-state index in [2.05, 4.69) is 15.0 Å². The second kappa shape index (κ2) is 6.53. The average molecular weight is 348 g/mol. The number of aromatic nitrogens is 1. The predicted molar refractivity (Wildman–Crippen MR) is 70.5 cm³/mol. The lowest BCUT2D eigenvalue weighted by atomic mass is 10.2. The van der Waals surface area contributed by atoms with Gasteiger partial charge in [-0.05, 0) is 35.1 Å². The number of esters is 1. The molecule has 0 saturated heterocycles. The molecule has 1 atom stereocenters.